The molecule has 0 saturated heterocycles. The molecule has 3 rings (SSSR count). The standard InChI is InChI=1S/C23H30ClN3O3S/c1-17(15-18-7-3-2-4-8-18)25-16-19-9-5-6-10-22(19)26-23(28)27-31(29,30)21-13-11-20(24)12-14-21/h5-6,9-14,17-18,25H,2-4,7-8,15-16H2,1H3,(H2,26,27,28). The lowest BCUT2D eigenvalue weighted by atomic mass is 9.85. The zero-order valence-electron chi connectivity index (χ0n) is 17.7. The van der Waals surface area contributed by atoms with Crippen LogP contribution in [0.5, 0.6) is 0 Å². The Bertz CT molecular complexity index is 974. The van der Waals surface area contributed by atoms with Gasteiger partial charge in [0.25, 0.3) is 10.0 Å². The summed E-state index contributed by atoms with van der Waals surface area (Å²) in [4.78, 5) is 12.3. The number of benzene rings is 2. The third-order valence-electron chi connectivity index (χ3n) is 5.67. The Morgan fingerprint density at radius 3 is 2.45 bits per heavy atom. The van der Waals surface area contributed by atoms with Crippen molar-refractivity contribution in [1.29, 1.82) is 0 Å². The lowest BCUT2D eigenvalue weighted by Crippen LogP contribution is -2.35. The first-order chi connectivity index (χ1) is 14.8. The average Bonchev–Trinajstić information content (AvgIpc) is 2.74. The molecule has 1 aliphatic rings. The minimum atomic E-state index is -3.99. The number of urea groups is 1. The van der Waals surface area contributed by atoms with Crippen molar-refractivity contribution in [3.05, 3.63) is 59.1 Å². The maximum atomic E-state index is 12.4. The van der Waals surface area contributed by atoms with E-state index in [1.165, 1.54) is 56.4 Å². The predicted molar refractivity (Wildman–Crippen MR) is 125 cm³/mol. The van der Waals surface area contributed by atoms with Gasteiger partial charge in [0.1, 0.15) is 0 Å². The van der Waals surface area contributed by atoms with Gasteiger partial charge >= 0.3 is 6.03 Å². The fraction of sp³-hybridized carbons (Fsp3) is 0.435. The fourth-order valence-corrected chi connectivity index (χ4v) is 5.06. The first-order valence-electron chi connectivity index (χ1n) is 10.7. The van der Waals surface area contributed by atoms with Crippen molar-refractivity contribution < 1.29 is 13.2 Å². The number of anilines is 1. The molecule has 6 nitrogen and oxygen atoms in total. The molecule has 2 aromatic rings. The smallest absolute Gasteiger partial charge is 0.310 e. The summed E-state index contributed by atoms with van der Waals surface area (Å²) in [5.41, 5.74) is 1.47. The number of hydrogen-bond donors (Lipinski definition) is 3. The zero-order chi connectivity index (χ0) is 22.3. The number of rotatable bonds is 8. The fourth-order valence-electron chi connectivity index (χ4n) is 4.03. The van der Waals surface area contributed by atoms with E-state index in [4.69, 9.17) is 11.6 Å². The van der Waals surface area contributed by atoms with E-state index >= 15 is 0 Å². The molecule has 1 fully saturated rings. The molecule has 2 aromatic carbocycles. The zero-order valence-corrected chi connectivity index (χ0v) is 19.3. The van der Waals surface area contributed by atoms with Crippen LogP contribution in [0.3, 0.4) is 0 Å². The van der Waals surface area contributed by atoms with Gasteiger partial charge < -0.3 is 10.6 Å². The highest BCUT2D eigenvalue weighted by molar-refractivity contribution is 7.90. The van der Waals surface area contributed by atoms with Gasteiger partial charge in [-0.2, -0.15) is 0 Å². The van der Waals surface area contributed by atoms with E-state index in [1.54, 1.807) is 12.1 Å². The largest absolute Gasteiger partial charge is 0.333 e. The van der Waals surface area contributed by atoms with Crippen LogP contribution in [-0.2, 0) is 16.6 Å². The molecule has 0 aromatic heterocycles. The quantitative estimate of drug-likeness (QED) is 0.495. The molecule has 0 bridgehead atoms. The highest BCUT2D eigenvalue weighted by atomic mass is 35.5. The van der Waals surface area contributed by atoms with Gasteiger partial charge in [0.05, 0.1) is 4.90 Å². The summed E-state index contributed by atoms with van der Waals surface area (Å²) >= 11 is 5.80. The van der Waals surface area contributed by atoms with Crippen LogP contribution in [0.2, 0.25) is 5.02 Å². The minimum absolute atomic E-state index is 0.0291. The maximum absolute atomic E-state index is 12.4. The van der Waals surface area contributed by atoms with Crippen molar-refractivity contribution in [3.8, 4) is 0 Å². The van der Waals surface area contributed by atoms with E-state index < -0.39 is 16.1 Å². The van der Waals surface area contributed by atoms with Gasteiger partial charge in [0.2, 0.25) is 0 Å². The molecule has 168 valence electrons. The number of para-hydroxylation sites is 1. The Kier molecular flexibility index (Phi) is 8.35. The predicted octanol–water partition coefficient (Wildman–Crippen LogP) is 5.30. The van der Waals surface area contributed by atoms with E-state index in [-0.39, 0.29) is 4.90 Å². The Morgan fingerprint density at radius 2 is 1.74 bits per heavy atom. The number of carbonyl (C=O) groups excluding carboxylic acids is 1. The molecule has 31 heavy (non-hydrogen) atoms. The molecule has 1 unspecified atom stereocenters. The van der Waals surface area contributed by atoms with Crippen LogP contribution in [-0.4, -0.2) is 20.5 Å². The van der Waals surface area contributed by atoms with E-state index in [0.717, 1.165) is 17.9 Å². The Balaban J connectivity index is 1.56. The number of amides is 2. The Hall–Kier alpha value is -2.09. The molecular formula is C23H30ClN3O3S. The second-order valence-electron chi connectivity index (χ2n) is 8.19. The number of carbonyl (C=O) groups is 1. The Labute approximate surface area is 189 Å². The van der Waals surface area contributed by atoms with Gasteiger partial charge in [-0.25, -0.2) is 17.9 Å². The lowest BCUT2D eigenvalue weighted by molar-refractivity contribution is 0.256. The molecule has 1 atom stereocenters. The summed E-state index contributed by atoms with van der Waals surface area (Å²) in [7, 11) is -3.99. The molecule has 0 heterocycles. The highest BCUT2D eigenvalue weighted by Crippen LogP contribution is 2.27. The SMILES string of the molecule is CC(CC1CCCCC1)NCc1ccccc1NC(=O)NS(=O)(=O)c1ccc(Cl)cc1. The molecule has 0 spiro atoms. The van der Waals surface area contributed by atoms with Crippen molar-refractivity contribution >= 4 is 33.3 Å². The van der Waals surface area contributed by atoms with Crippen LogP contribution in [0.4, 0.5) is 10.5 Å². The molecule has 8 heteroatoms. The van der Waals surface area contributed by atoms with Crippen LogP contribution in [0.15, 0.2) is 53.4 Å². The van der Waals surface area contributed by atoms with E-state index in [1.807, 2.05) is 16.9 Å². The molecule has 0 radical (unpaired) electrons. The van der Waals surface area contributed by atoms with Crippen LogP contribution >= 0.6 is 11.6 Å². The van der Waals surface area contributed by atoms with Crippen molar-refractivity contribution in [3.63, 3.8) is 0 Å². The summed E-state index contributed by atoms with van der Waals surface area (Å²) < 4.78 is 26.9. The number of nitrogens with one attached hydrogen (secondary N) is 3. The normalized spacial score (nSPS) is 15.9. The van der Waals surface area contributed by atoms with E-state index in [2.05, 4.69) is 17.6 Å². The highest BCUT2D eigenvalue weighted by Gasteiger charge is 2.19. The van der Waals surface area contributed by atoms with Crippen molar-refractivity contribution in [2.24, 2.45) is 5.92 Å². The third kappa shape index (κ3) is 7.23. The van der Waals surface area contributed by atoms with Crippen molar-refractivity contribution in [2.75, 3.05) is 5.32 Å². The van der Waals surface area contributed by atoms with Crippen LogP contribution in [0.25, 0.3) is 0 Å². The van der Waals surface area contributed by atoms with Gasteiger partial charge in [-0.1, -0.05) is 61.9 Å². The summed E-state index contributed by atoms with van der Waals surface area (Å²) in [5.74, 6) is 0.786. The van der Waals surface area contributed by atoms with Gasteiger partial charge in [-0.05, 0) is 55.2 Å². The third-order valence-corrected chi connectivity index (χ3v) is 7.27. The van der Waals surface area contributed by atoms with Crippen LogP contribution < -0.4 is 15.4 Å². The molecule has 1 saturated carbocycles. The number of sulfonamides is 1. The summed E-state index contributed by atoms with van der Waals surface area (Å²) in [5, 5.41) is 6.61. The molecule has 0 aliphatic heterocycles. The summed E-state index contributed by atoms with van der Waals surface area (Å²) in [6.45, 7) is 2.78. The molecule has 2 amide bonds. The Morgan fingerprint density at radius 1 is 1.06 bits per heavy atom. The van der Waals surface area contributed by atoms with Crippen molar-refractivity contribution in [1.82, 2.24) is 10.0 Å². The number of halogens is 1. The summed E-state index contributed by atoms with van der Waals surface area (Å²) in [6, 6.07) is 12.6. The monoisotopic (exact) mass is 463 g/mol. The van der Waals surface area contributed by atoms with Crippen molar-refractivity contribution in [2.45, 2.75) is 62.9 Å². The maximum Gasteiger partial charge on any atom is 0.333 e. The first-order valence-corrected chi connectivity index (χ1v) is 12.6. The van der Waals surface area contributed by atoms with Crippen LogP contribution in [0, 0.1) is 5.92 Å². The van der Waals surface area contributed by atoms with Gasteiger partial charge in [0, 0.05) is 23.3 Å². The topological polar surface area (TPSA) is 87.3 Å². The second kappa shape index (κ2) is 11.0. The lowest BCUT2D eigenvalue weighted by Gasteiger charge is -2.25. The van der Waals surface area contributed by atoms with Gasteiger partial charge in [0.15, 0.2) is 0 Å². The molecule has 1 aliphatic carbocycles. The van der Waals surface area contributed by atoms with Gasteiger partial charge in [-0.3, -0.25) is 0 Å². The second-order valence-corrected chi connectivity index (χ2v) is 10.3. The van der Waals surface area contributed by atoms with Crippen LogP contribution in [0.1, 0.15) is 51.0 Å². The molecular weight excluding hydrogens is 434 g/mol. The average molecular weight is 464 g/mol. The minimum Gasteiger partial charge on any atom is -0.310 e. The van der Waals surface area contributed by atoms with Gasteiger partial charge in [-0.15, -0.1) is 0 Å². The number of hydrogen-bond acceptors (Lipinski definition) is 4. The van der Waals surface area contributed by atoms with E-state index in [0.29, 0.717) is 23.3 Å². The summed E-state index contributed by atoms with van der Waals surface area (Å²) in [6.07, 6.45) is 7.79. The molecule has 3 N–H and O–H groups in total. The van der Waals surface area contributed by atoms with E-state index in [9.17, 15) is 13.2 Å². The first kappa shape index (κ1) is 23.6.